The van der Waals surface area contributed by atoms with Crippen LogP contribution in [0.3, 0.4) is 0 Å². The highest BCUT2D eigenvalue weighted by Crippen LogP contribution is 2.47. The normalized spacial score (nSPS) is 22.8. The molecule has 3 rings (SSSR count). The van der Waals surface area contributed by atoms with E-state index >= 15 is 0 Å². The van der Waals surface area contributed by atoms with Crippen LogP contribution in [-0.2, 0) is 18.3 Å². The van der Waals surface area contributed by atoms with E-state index < -0.39 is 11.9 Å². The quantitative estimate of drug-likeness (QED) is 0.634. The Labute approximate surface area is 149 Å². The summed E-state index contributed by atoms with van der Waals surface area (Å²) in [6.45, 7) is 9.39. The van der Waals surface area contributed by atoms with Crippen LogP contribution < -0.4 is 0 Å². The van der Waals surface area contributed by atoms with Crippen LogP contribution in [0.4, 0.5) is 13.2 Å². The minimum Gasteiger partial charge on any atom is -0.337 e. The average molecular weight is 408 g/mol. The molecule has 0 radical (unpaired) electrons. The first kappa shape index (κ1) is 18.3. The van der Waals surface area contributed by atoms with Crippen LogP contribution in [0.25, 0.3) is 0 Å². The lowest BCUT2D eigenvalue weighted by Crippen LogP contribution is -2.58. The molecular weight excluding hydrogens is 383 g/mol. The second kappa shape index (κ2) is 5.74. The van der Waals surface area contributed by atoms with Crippen molar-refractivity contribution in [1.82, 2.24) is 14.4 Å². The number of nitrogens with zero attached hydrogens (tertiary/aromatic N) is 3. The molecule has 0 aromatic carbocycles. The molecule has 24 heavy (non-hydrogen) atoms. The molecule has 1 spiro atoms. The molecule has 0 unspecified atom stereocenters. The predicted octanol–water partition coefficient (Wildman–Crippen LogP) is 4.30. The first-order chi connectivity index (χ1) is 11.0. The monoisotopic (exact) mass is 407 g/mol. The van der Waals surface area contributed by atoms with E-state index in [0.717, 1.165) is 31.6 Å². The second-order valence-corrected chi connectivity index (χ2v) is 8.84. The van der Waals surface area contributed by atoms with Gasteiger partial charge in [-0.1, -0.05) is 0 Å². The Hall–Kier alpha value is -0.530. The summed E-state index contributed by atoms with van der Waals surface area (Å²) in [6, 6.07) is 1.26. The first-order valence-electron chi connectivity index (χ1n) is 8.40. The van der Waals surface area contributed by atoms with E-state index in [-0.39, 0.29) is 11.1 Å². The van der Waals surface area contributed by atoms with Crippen molar-refractivity contribution in [2.45, 2.75) is 57.4 Å². The molecule has 3 heterocycles. The number of piperidine rings is 1. The van der Waals surface area contributed by atoms with Gasteiger partial charge in [0.1, 0.15) is 5.69 Å². The van der Waals surface area contributed by atoms with Crippen molar-refractivity contribution >= 4 is 15.9 Å². The van der Waals surface area contributed by atoms with Crippen molar-refractivity contribution < 1.29 is 13.2 Å². The van der Waals surface area contributed by atoms with E-state index in [1.807, 2.05) is 7.05 Å². The Morgan fingerprint density at radius 1 is 1.04 bits per heavy atom. The van der Waals surface area contributed by atoms with Crippen LogP contribution in [0.2, 0.25) is 0 Å². The maximum atomic E-state index is 13.4. The minimum absolute atomic E-state index is 0.0885. The summed E-state index contributed by atoms with van der Waals surface area (Å²) >= 11 is 3.43. The van der Waals surface area contributed by atoms with Gasteiger partial charge in [0.15, 0.2) is 0 Å². The number of halogens is 4. The Morgan fingerprint density at radius 3 is 2.12 bits per heavy atom. The maximum Gasteiger partial charge on any atom is 0.431 e. The van der Waals surface area contributed by atoms with E-state index in [9.17, 15) is 13.2 Å². The van der Waals surface area contributed by atoms with Crippen molar-refractivity contribution in [2.75, 3.05) is 26.7 Å². The molecule has 136 valence electrons. The number of fused-ring (bicyclic) bond motifs is 2. The largest absolute Gasteiger partial charge is 0.431 e. The lowest BCUT2D eigenvalue weighted by molar-refractivity contribution is -0.145. The molecule has 1 saturated heterocycles. The average Bonchev–Trinajstić information content (AvgIpc) is 2.81. The minimum atomic E-state index is -4.32. The fourth-order valence-corrected chi connectivity index (χ4v) is 5.07. The van der Waals surface area contributed by atoms with Crippen LogP contribution in [-0.4, -0.2) is 46.6 Å². The molecule has 7 heteroatoms. The molecule has 0 saturated carbocycles. The summed E-state index contributed by atoms with van der Waals surface area (Å²) in [5.41, 5.74) is 0.0420. The lowest BCUT2D eigenvalue weighted by atomic mass is 9.80. The number of hydrogen-bond acceptors (Lipinski definition) is 2. The third-order valence-electron chi connectivity index (χ3n) is 5.71. The number of rotatable bonds is 0. The zero-order valence-electron chi connectivity index (χ0n) is 14.7. The molecule has 0 bridgehead atoms. The molecule has 1 fully saturated rings. The SMILES string of the molecule is CN1CCn2c(C(F)(F)F)cc(Br)c2C12CCN(C(C)(C)C)CC2. The highest BCUT2D eigenvalue weighted by molar-refractivity contribution is 9.10. The van der Waals surface area contributed by atoms with Gasteiger partial charge >= 0.3 is 6.18 Å². The molecule has 1 aromatic rings. The van der Waals surface area contributed by atoms with Crippen LogP contribution in [0, 0.1) is 0 Å². The van der Waals surface area contributed by atoms with Gasteiger partial charge in [-0.2, -0.15) is 13.2 Å². The molecular formula is C17H25BrF3N3. The fourth-order valence-electron chi connectivity index (χ4n) is 4.27. The van der Waals surface area contributed by atoms with E-state index in [1.54, 1.807) is 0 Å². The summed E-state index contributed by atoms with van der Waals surface area (Å²) in [7, 11) is 2.04. The lowest BCUT2D eigenvalue weighted by Gasteiger charge is -2.53. The zero-order valence-corrected chi connectivity index (χ0v) is 16.3. The second-order valence-electron chi connectivity index (χ2n) is 7.99. The summed E-state index contributed by atoms with van der Waals surface area (Å²) in [5.74, 6) is 0. The summed E-state index contributed by atoms with van der Waals surface area (Å²) < 4.78 is 42.3. The van der Waals surface area contributed by atoms with Crippen LogP contribution >= 0.6 is 15.9 Å². The standard InChI is InChI=1S/C17H25BrF3N3/c1-15(2,3)23-7-5-16(6-8-23)14-12(18)11-13(17(19,20)21)24(14)10-9-22(16)4/h11H,5-10H2,1-4H3. The van der Waals surface area contributed by atoms with Gasteiger partial charge in [-0.05, 0) is 62.7 Å². The topological polar surface area (TPSA) is 11.4 Å². The number of alkyl halides is 3. The van der Waals surface area contributed by atoms with Crippen molar-refractivity contribution in [1.29, 1.82) is 0 Å². The van der Waals surface area contributed by atoms with Gasteiger partial charge in [-0.15, -0.1) is 0 Å². The smallest absolute Gasteiger partial charge is 0.337 e. The maximum absolute atomic E-state index is 13.4. The third kappa shape index (κ3) is 2.82. The first-order valence-corrected chi connectivity index (χ1v) is 9.19. The van der Waals surface area contributed by atoms with E-state index in [4.69, 9.17) is 0 Å². The molecule has 0 atom stereocenters. The van der Waals surface area contributed by atoms with Crippen molar-refractivity contribution in [3.05, 3.63) is 21.9 Å². The Kier molecular flexibility index (Phi) is 4.37. The van der Waals surface area contributed by atoms with Gasteiger partial charge < -0.3 is 4.57 Å². The van der Waals surface area contributed by atoms with Gasteiger partial charge in [0, 0.05) is 36.2 Å². The Balaban J connectivity index is 2.02. The van der Waals surface area contributed by atoms with E-state index in [1.165, 1.54) is 10.6 Å². The molecule has 3 nitrogen and oxygen atoms in total. The summed E-state index contributed by atoms with van der Waals surface area (Å²) in [5, 5.41) is 0. The van der Waals surface area contributed by atoms with Crippen molar-refractivity contribution in [3.8, 4) is 0 Å². The van der Waals surface area contributed by atoms with E-state index in [2.05, 4.69) is 46.5 Å². The van der Waals surface area contributed by atoms with Crippen LogP contribution in [0.1, 0.15) is 45.0 Å². The fraction of sp³-hybridized carbons (Fsp3) is 0.765. The highest BCUT2D eigenvalue weighted by atomic mass is 79.9. The molecule has 0 amide bonds. The van der Waals surface area contributed by atoms with Gasteiger partial charge in [0.2, 0.25) is 0 Å². The number of likely N-dealkylation sites (N-methyl/N-ethyl adjacent to an activating group) is 1. The van der Waals surface area contributed by atoms with Gasteiger partial charge in [0.05, 0.1) is 11.2 Å². The number of likely N-dealkylation sites (tertiary alicyclic amines) is 1. The summed E-state index contributed by atoms with van der Waals surface area (Å²) in [6.07, 6.45) is -2.62. The number of hydrogen-bond donors (Lipinski definition) is 0. The zero-order chi connectivity index (χ0) is 17.9. The summed E-state index contributed by atoms with van der Waals surface area (Å²) in [4.78, 5) is 4.68. The molecule has 2 aliphatic rings. The van der Waals surface area contributed by atoms with Crippen LogP contribution in [0.15, 0.2) is 10.5 Å². The molecule has 0 N–H and O–H groups in total. The number of aromatic nitrogens is 1. The van der Waals surface area contributed by atoms with Crippen LogP contribution in [0.5, 0.6) is 0 Å². The van der Waals surface area contributed by atoms with Gasteiger partial charge in [-0.3, -0.25) is 9.80 Å². The molecule has 1 aromatic heterocycles. The van der Waals surface area contributed by atoms with Gasteiger partial charge in [0.25, 0.3) is 0 Å². The Morgan fingerprint density at radius 2 is 1.62 bits per heavy atom. The Bertz CT molecular complexity index is 622. The third-order valence-corrected chi connectivity index (χ3v) is 6.32. The molecule has 2 aliphatic heterocycles. The molecule has 0 aliphatic carbocycles. The van der Waals surface area contributed by atoms with Gasteiger partial charge in [-0.25, -0.2) is 0 Å². The van der Waals surface area contributed by atoms with E-state index in [0.29, 0.717) is 17.6 Å². The predicted molar refractivity (Wildman–Crippen MR) is 92.0 cm³/mol. The van der Waals surface area contributed by atoms with Crippen molar-refractivity contribution in [2.24, 2.45) is 0 Å². The van der Waals surface area contributed by atoms with Crippen molar-refractivity contribution in [3.63, 3.8) is 0 Å². The highest BCUT2D eigenvalue weighted by Gasteiger charge is 2.49.